The van der Waals surface area contributed by atoms with Gasteiger partial charge in [0.15, 0.2) is 0 Å². The van der Waals surface area contributed by atoms with Gasteiger partial charge in [-0.2, -0.15) is 13.2 Å². The number of carbonyl (C=O) groups is 1. The molecule has 2 N–H and O–H groups in total. The summed E-state index contributed by atoms with van der Waals surface area (Å²) in [5.41, 5.74) is 0.0133. The van der Waals surface area contributed by atoms with Crippen LogP contribution in [-0.2, 0) is 12.7 Å². The highest BCUT2D eigenvalue weighted by molar-refractivity contribution is 6.01. The van der Waals surface area contributed by atoms with E-state index >= 15 is 0 Å². The van der Waals surface area contributed by atoms with Crippen LogP contribution in [0.1, 0.15) is 11.1 Å². The minimum Gasteiger partial charge on any atom is -0.334 e. The van der Waals surface area contributed by atoms with Crippen molar-refractivity contribution in [1.82, 2.24) is 10.3 Å². The van der Waals surface area contributed by atoms with Crippen LogP contribution >= 0.6 is 0 Å². The summed E-state index contributed by atoms with van der Waals surface area (Å²) in [7, 11) is 0. The van der Waals surface area contributed by atoms with E-state index in [0.29, 0.717) is 16.3 Å². The second kappa shape index (κ2) is 6.99. The zero-order valence-electron chi connectivity index (χ0n) is 13.3. The number of pyridine rings is 1. The topological polar surface area (TPSA) is 54.0 Å². The number of nitrogens with one attached hydrogen (secondary N) is 2. The van der Waals surface area contributed by atoms with Crippen LogP contribution in [0.25, 0.3) is 10.8 Å². The van der Waals surface area contributed by atoms with Gasteiger partial charge >= 0.3 is 12.2 Å². The van der Waals surface area contributed by atoms with Crippen molar-refractivity contribution in [3.8, 4) is 0 Å². The number of rotatable bonds is 3. The summed E-state index contributed by atoms with van der Waals surface area (Å²) in [5.74, 6) is -0.525. The van der Waals surface area contributed by atoms with E-state index in [-0.39, 0.29) is 12.2 Å². The molecule has 3 aromatic rings. The molecule has 2 aromatic carbocycles. The van der Waals surface area contributed by atoms with E-state index in [1.165, 1.54) is 36.7 Å². The molecule has 26 heavy (non-hydrogen) atoms. The highest BCUT2D eigenvalue weighted by Gasteiger charge is 2.29. The Kier molecular flexibility index (Phi) is 4.75. The Morgan fingerprint density at radius 1 is 1.08 bits per heavy atom. The van der Waals surface area contributed by atoms with Crippen LogP contribution in [0.2, 0.25) is 0 Å². The SMILES string of the molecule is O=C(NCc1ccc(C(F)(F)F)cc1)Nc1cc(F)cc2cnccc12. The Bertz CT molecular complexity index is 939. The maximum absolute atomic E-state index is 13.6. The molecule has 0 aliphatic rings. The first kappa shape index (κ1) is 17.7. The van der Waals surface area contributed by atoms with Crippen LogP contribution in [0.15, 0.2) is 54.9 Å². The number of benzene rings is 2. The molecule has 134 valence electrons. The third-order valence-corrected chi connectivity index (χ3v) is 3.70. The van der Waals surface area contributed by atoms with E-state index in [0.717, 1.165) is 12.1 Å². The number of hydrogen-bond acceptors (Lipinski definition) is 2. The quantitative estimate of drug-likeness (QED) is 0.662. The molecule has 0 fully saturated rings. The number of aromatic nitrogens is 1. The molecule has 0 spiro atoms. The van der Waals surface area contributed by atoms with Gasteiger partial charge in [-0.1, -0.05) is 12.1 Å². The van der Waals surface area contributed by atoms with E-state index < -0.39 is 23.6 Å². The fourth-order valence-corrected chi connectivity index (χ4v) is 2.44. The molecule has 4 nitrogen and oxygen atoms in total. The average Bonchev–Trinajstić information content (AvgIpc) is 2.59. The van der Waals surface area contributed by atoms with Crippen molar-refractivity contribution in [3.63, 3.8) is 0 Å². The van der Waals surface area contributed by atoms with E-state index in [2.05, 4.69) is 15.6 Å². The number of alkyl halides is 3. The second-order valence-corrected chi connectivity index (χ2v) is 5.55. The summed E-state index contributed by atoms with van der Waals surface area (Å²) in [5, 5.41) is 6.20. The van der Waals surface area contributed by atoms with Gasteiger partial charge < -0.3 is 10.6 Å². The average molecular weight is 363 g/mol. The normalized spacial score (nSPS) is 11.4. The Labute approximate surface area is 145 Å². The Morgan fingerprint density at radius 3 is 2.50 bits per heavy atom. The molecule has 0 aliphatic heterocycles. The number of fused-ring (bicyclic) bond motifs is 1. The van der Waals surface area contributed by atoms with Crippen LogP contribution in [0, 0.1) is 5.82 Å². The minimum atomic E-state index is -4.41. The van der Waals surface area contributed by atoms with Gasteiger partial charge in [-0.05, 0) is 35.9 Å². The molecular weight excluding hydrogens is 350 g/mol. The lowest BCUT2D eigenvalue weighted by Gasteiger charge is -2.11. The largest absolute Gasteiger partial charge is 0.416 e. The maximum Gasteiger partial charge on any atom is 0.416 e. The van der Waals surface area contributed by atoms with Crippen molar-refractivity contribution < 1.29 is 22.4 Å². The highest BCUT2D eigenvalue weighted by Crippen LogP contribution is 2.29. The van der Waals surface area contributed by atoms with Gasteiger partial charge in [-0.15, -0.1) is 0 Å². The van der Waals surface area contributed by atoms with Crippen molar-refractivity contribution >= 4 is 22.5 Å². The third-order valence-electron chi connectivity index (χ3n) is 3.70. The molecular formula is C18H13F4N3O. The summed E-state index contributed by atoms with van der Waals surface area (Å²) >= 11 is 0. The summed E-state index contributed by atoms with van der Waals surface area (Å²) in [6, 6.07) is 7.98. The Balaban J connectivity index is 1.67. The molecule has 1 aromatic heterocycles. The van der Waals surface area contributed by atoms with Gasteiger partial charge in [0.05, 0.1) is 11.3 Å². The maximum atomic E-state index is 13.6. The van der Waals surface area contributed by atoms with Crippen molar-refractivity contribution in [2.75, 3.05) is 5.32 Å². The number of urea groups is 1. The number of hydrogen-bond donors (Lipinski definition) is 2. The Morgan fingerprint density at radius 2 is 1.81 bits per heavy atom. The highest BCUT2D eigenvalue weighted by atomic mass is 19.4. The number of amides is 2. The predicted molar refractivity (Wildman–Crippen MR) is 89.0 cm³/mol. The van der Waals surface area contributed by atoms with Gasteiger partial charge in [-0.25, -0.2) is 9.18 Å². The summed E-state index contributed by atoms with van der Waals surface area (Å²) in [6.45, 7) is 0.0266. The van der Waals surface area contributed by atoms with Crippen LogP contribution in [0.3, 0.4) is 0 Å². The molecule has 0 unspecified atom stereocenters. The van der Waals surface area contributed by atoms with E-state index in [1.807, 2.05) is 0 Å². The first-order valence-electron chi connectivity index (χ1n) is 7.57. The molecule has 0 bridgehead atoms. The first-order valence-corrected chi connectivity index (χ1v) is 7.57. The number of halogens is 4. The van der Waals surface area contributed by atoms with E-state index in [4.69, 9.17) is 0 Å². The molecule has 8 heteroatoms. The lowest BCUT2D eigenvalue weighted by Crippen LogP contribution is -2.28. The van der Waals surface area contributed by atoms with Crippen LogP contribution in [-0.4, -0.2) is 11.0 Å². The standard InChI is InChI=1S/C18H13F4N3O/c19-14-7-12-10-23-6-5-15(12)16(8-14)25-17(26)24-9-11-1-3-13(4-2-11)18(20,21)22/h1-8,10H,9H2,(H2,24,25,26). The fraction of sp³-hybridized carbons (Fsp3) is 0.111. The molecule has 0 atom stereocenters. The zero-order valence-corrected chi connectivity index (χ0v) is 13.3. The van der Waals surface area contributed by atoms with Crippen molar-refractivity contribution in [2.24, 2.45) is 0 Å². The van der Waals surface area contributed by atoms with Crippen molar-refractivity contribution in [3.05, 3.63) is 71.8 Å². The predicted octanol–water partition coefficient (Wildman–Crippen LogP) is 4.71. The summed E-state index contributed by atoms with van der Waals surface area (Å²) < 4.78 is 51.2. The van der Waals surface area contributed by atoms with Gasteiger partial charge in [-0.3, -0.25) is 4.98 Å². The lowest BCUT2D eigenvalue weighted by atomic mass is 10.1. The minimum absolute atomic E-state index is 0.0266. The van der Waals surface area contributed by atoms with Gasteiger partial charge in [0, 0.05) is 29.7 Å². The van der Waals surface area contributed by atoms with Crippen molar-refractivity contribution in [1.29, 1.82) is 0 Å². The first-order chi connectivity index (χ1) is 12.3. The molecule has 0 saturated heterocycles. The molecule has 1 heterocycles. The van der Waals surface area contributed by atoms with Crippen LogP contribution < -0.4 is 10.6 Å². The fourth-order valence-electron chi connectivity index (χ4n) is 2.44. The number of carbonyl (C=O) groups excluding carboxylic acids is 1. The van der Waals surface area contributed by atoms with E-state index in [9.17, 15) is 22.4 Å². The second-order valence-electron chi connectivity index (χ2n) is 5.55. The molecule has 2 amide bonds. The number of nitrogens with zero attached hydrogens (tertiary/aromatic N) is 1. The van der Waals surface area contributed by atoms with E-state index in [1.54, 1.807) is 6.07 Å². The molecule has 0 saturated carbocycles. The number of anilines is 1. The lowest BCUT2D eigenvalue weighted by molar-refractivity contribution is -0.137. The van der Waals surface area contributed by atoms with Crippen LogP contribution in [0.5, 0.6) is 0 Å². The molecule has 0 radical (unpaired) electrons. The zero-order chi connectivity index (χ0) is 18.7. The van der Waals surface area contributed by atoms with Gasteiger partial charge in [0.25, 0.3) is 0 Å². The molecule has 0 aliphatic carbocycles. The summed E-state index contributed by atoms with van der Waals surface area (Å²) in [4.78, 5) is 15.9. The smallest absolute Gasteiger partial charge is 0.334 e. The summed E-state index contributed by atoms with van der Waals surface area (Å²) in [6.07, 6.45) is -1.41. The van der Waals surface area contributed by atoms with Crippen molar-refractivity contribution in [2.45, 2.75) is 12.7 Å². The monoisotopic (exact) mass is 363 g/mol. The van der Waals surface area contributed by atoms with Gasteiger partial charge in [0.1, 0.15) is 5.82 Å². The van der Waals surface area contributed by atoms with Crippen LogP contribution in [0.4, 0.5) is 28.0 Å². The Hall–Kier alpha value is -3.16. The molecule has 3 rings (SSSR count). The van der Waals surface area contributed by atoms with Gasteiger partial charge in [0.2, 0.25) is 0 Å². The third kappa shape index (κ3) is 4.08.